The first kappa shape index (κ1) is 20.6. The van der Waals surface area contributed by atoms with Crippen LogP contribution in [0.3, 0.4) is 0 Å². The summed E-state index contributed by atoms with van der Waals surface area (Å²) in [4.78, 5) is 45.6. The van der Waals surface area contributed by atoms with Crippen LogP contribution >= 0.6 is 0 Å². The van der Waals surface area contributed by atoms with Crippen molar-refractivity contribution < 1.29 is 38.1 Å². The van der Waals surface area contributed by atoms with Gasteiger partial charge >= 0.3 is 23.9 Å². The summed E-state index contributed by atoms with van der Waals surface area (Å²) in [6.07, 6.45) is 0.789. The Morgan fingerprint density at radius 3 is 1.35 bits per heavy atom. The smallest absolute Gasteiger partial charge is 0.321 e. The number of hydrogen-bond acceptors (Lipinski definition) is 8. The SMILES string of the molecule is O=C1CC(c2ccc(OCCCOc3ccc(C4CC(=O)OC4=O)cc3)cc2)C(=O)O1. The van der Waals surface area contributed by atoms with Crippen LogP contribution in [0.5, 0.6) is 11.5 Å². The van der Waals surface area contributed by atoms with Crippen LogP contribution < -0.4 is 9.47 Å². The molecule has 0 aliphatic carbocycles. The van der Waals surface area contributed by atoms with Gasteiger partial charge in [0.05, 0.1) is 37.9 Å². The standard InChI is InChI=1S/C23H20O8/c24-20-12-18(22(26)30-20)14-2-6-16(7-3-14)28-10-1-11-29-17-8-4-15(5-9-17)19-13-21(25)31-23(19)27/h2-9,18-19H,1,10-13H2. The van der Waals surface area contributed by atoms with E-state index in [9.17, 15) is 19.2 Å². The minimum absolute atomic E-state index is 0.0697. The van der Waals surface area contributed by atoms with Crippen molar-refractivity contribution in [1.82, 2.24) is 0 Å². The fourth-order valence-electron chi connectivity index (χ4n) is 3.49. The zero-order valence-electron chi connectivity index (χ0n) is 16.6. The van der Waals surface area contributed by atoms with Crippen LogP contribution in [0.25, 0.3) is 0 Å². The maximum atomic E-state index is 11.6. The topological polar surface area (TPSA) is 105 Å². The molecular weight excluding hydrogens is 404 g/mol. The molecule has 2 aliphatic rings. The van der Waals surface area contributed by atoms with Crippen molar-refractivity contribution in [2.75, 3.05) is 13.2 Å². The van der Waals surface area contributed by atoms with Crippen LogP contribution in [0.1, 0.15) is 42.2 Å². The minimum Gasteiger partial charge on any atom is -0.493 e. The number of hydrogen-bond donors (Lipinski definition) is 0. The molecule has 2 aliphatic heterocycles. The van der Waals surface area contributed by atoms with Crippen molar-refractivity contribution in [1.29, 1.82) is 0 Å². The first-order valence-corrected chi connectivity index (χ1v) is 9.94. The third-order valence-electron chi connectivity index (χ3n) is 5.13. The van der Waals surface area contributed by atoms with Gasteiger partial charge in [-0.15, -0.1) is 0 Å². The quantitative estimate of drug-likeness (QED) is 0.362. The molecule has 0 radical (unpaired) electrons. The maximum absolute atomic E-state index is 11.6. The molecule has 0 aromatic heterocycles. The first-order chi connectivity index (χ1) is 15.0. The van der Waals surface area contributed by atoms with E-state index >= 15 is 0 Å². The van der Waals surface area contributed by atoms with Gasteiger partial charge in [-0.25, -0.2) is 0 Å². The summed E-state index contributed by atoms with van der Waals surface area (Å²) in [5.74, 6) is -1.79. The van der Waals surface area contributed by atoms with Gasteiger partial charge in [0, 0.05) is 6.42 Å². The molecule has 2 saturated heterocycles. The molecule has 2 atom stereocenters. The third kappa shape index (κ3) is 4.91. The van der Waals surface area contributed by atoms with E-state index in [0.29, 0.717) is 31.1 Å². The zero-order valence-corrected chi connectivity index (χ0v) is 16.6. The highest BCUT2D eigenvalue weighted by atomic mass is 16.6. The van der Waals surface area contributed by atoms with Crippen LogP contribution in [0.4, 0.5) is 0 Å². The van der Waals surface area contributed by atoms with Gasteiger partial charge in [-0.05, 0) is 35.4 Å². The van der Waals surface area contributed by atoms with Crippen molar-refractivity contribution in [2.45, 2.75) is 31.1 Å². The minimum atomic E-state index is -0.541. The summed E-state index contributed by atoms with van der Waals surface area (Å²) >= 11 is 0. The van der Waals surface area contributed by atoms with Crippen molar-refractivity contribution in [3.63, 3.8) is 0 Å². The lowest BCUT2D eigenvalue weighted by Crippen LogP contribution is -2.07. The van der Waals surface area contributed by atoms with Crippen LogP contribution in [0.15, 0.2) is 48.5 Å². The van der Waals surface area contributed by atoms with E-state index in [1.54, 1.807) is 48.5 Å². The number of rotatable bonds is 8. The van der Waals surface area contributed by atoms with E-state index < -0.39 is 35.7 Å². The van der Waals surface area contributed by atoms with Crippen molar-refractivity contribution in [3.8, 4) is 11.5 Å². The Kier molecular flexibility index (Phi) is 5.97. The maximum Gasteiger partial charge on any atom is 0.321 e. The molecule has 8 nitrogen and oxygen atoms in total. The van der Waals surface area contributed by atoms with Gasteiger partial charge in [0.2, 0.25) is 0 Å². The molecule has 160 valence electrons. The molecule has 2 unspecified atom stereocenters. The second-order valence-electron chi connectivity index (χ2n) is 7.29. The first-order valence-electron chi connectivity index (χ1n) is 9.94. The molecule has 2 fully saturated rings. The van der Waals surface area contributed by atoms with Crippen molar-refractivity contribution in [2.24, 2.45) is 0 Å². The Balaban J connectivity index is 1.18. The average Bonchev–Trinajstić information content (AvgIpc) is 3.28. The van der Waals surface area contributed by atoms with Crippen LogP contribution in [-0.2, 0) is 28.7 Å². The number of carbonyl (C=O) groups is 4. The molecule has 0 spiro atoms. The Morgan fingerprint density at radius 2 is 1.03 bits per heavy atom. The van der Waals surface area contributed by atoms with E-state index in [4.69, 9.17) is 9.47 Å². The summed E-state index contributed by atoms with van der Waals surface area (Å²) in [6.45, 7) is 0.884. The highest BCUT2D eigenvalue weighted by Gasteiger charge is 2.35. The molecular formula is C23H20O8. The Bertz CT molecular complexity index is 912. The number of ether oxygens (including phenoxy) is 4. The highest BCUT2D eigenvalue weighted by molar-refractivity contribution is 5.98. The fraction of sp³-hybridized carbons (Fsp3) is 0.304. The van der Waals surface area contributed by atoms with E-state index in [1.807, 2.05) is 0 Å². The molecule has 0 saturated carbocycles. The van der Waals surface area contributed by atoms with Gasteiger partial charge in [0.15, 0.2) is 0 Å². The van der Waals surface area contributed by atoms with Gasteiger partial charge < -0.3 is 18.9 Å². The third-order valence-corrected chi connectivity index (χ3v) is 5.13. The van der Waals surface area contributed by atoms with Crippen LogP contribution in [0, 0.1) is 0 Å². The molecule has 2 aromatic rings. The molecule has 0 bridgehead atoms. The number of cyclic esters (lactones) is 4. The van der Waals surface area contributed by atoms with E-state index in [1.165, 1.54) is 0 Å². The lowest BCUT2D eigenvalue weighted by Gasteiger charge is -2.10. The fourth-order valence-corrected chi connectivity index (χ4v) is 3.49. The van der Waals surface area contributed by atoms with Crippen molar-refractivity contribution in [3.05, 3.63) is 59.7 Å². The Labute approximate surface area is 178 Å². The van der Waals surface area contributed by atoms with E-state index in [0.717, 1.165) is 11.1 Å². The number of esters is 4. The molecule has 0 amide bonds. The Morgan fingerprint density at radius 1 is 0.645 bits per heavy atom. The number of carbonyl (C=O) groups excluding carboxylic acids is 4. The summed E-state index contributed by atoms with van der Waals surface area (Å²) < 4.78 is 20.5. The van der Waals surface area contributed by atoms with Gasteiger partial charge in [0.1, 0.15) is 11.5 Å². The predicted octanol–water partition coefficient (Wildman–Crippen LogP) is 2.65. The largest absolute Gasteiger partial charge is 0.493 e. The molecule has 31 heavy (non-hydrogen) atoms. The van der Waals surface area contributed by atoms with Gasteiger partial charge in [-0.1, -0.05) is 24.3 Å². The monoisotopic (exact) mass is 424 g/mol. The Hall–Kier alpha value is -3.68. The lowest BCUT2D eigenvalue weighted by atomic mass is 9.98. The highest BCUT2D eigenvalue weighted by Crippen LogP contribution is 2.29. The molecule has 2 aromatic carbocycles. The van der Waals surface area contributed by atoms with E-state index in [2.05, 4.69) is 9.47 Å². The average molecular weight is 424 g/mol. The second-order valence-corrected chi connectivity index (χ2v) is 7.29. The molecule has 4 rings (SSSR count). The van der Waals surface area contributed by atoms with E-state index in [-0.39, 0.29) is 12.8 Å². The summed E-state index contributed by atoms with van der Waals surface area (Å²) in [7, 11) is 0. The molecule has 0 N–H and O–H groups in total. The van der Waals surface area contributed by atoms with Gasteiger partial charge in [0.25, 0.3) is 0 Å². The molecule has 2 heterocycles. The zero-order chi connectivity index (χ0) is 21.8. The van der Waals surface area contributed by atoms with Gasteiger partial charge in [-0.2, -0.15) is 0 Å². The van der Waals surface area contributed by atoms with Gasteiger partial charge in [-0.3, -0.25) is 19.2 Å². The predicted molar refractivity (Wildman–Crippen MR) is 105 cm³/mol. The molecule has 8 heteroatoms. The number of benzene rings is 2. The van der Waals surface area contributed by atoms with Crippen molar-refractivity contribution >= 4 is 23.9 Å². The van der Waals surface area contributed by atoms with Crippen LogP contribution in [-0.4, -0.2) is 37.1 Å². The normalized spacial score (nSPS) is 20.5. The second kappa shape index (κ2) is 8.99. The lowest BCUT2D eigenvalue weighted by molar-refractivity contribution is -0.154. The summed E-state index contributed by atoms with van der Waals surface area (Å²) in [5, 5.41) is 0. The van der Waals surface area contributed by atoms with Crippen LogP contribution in [0.2, 0.25) is 0 Å². The summed E-state index contributed by atoms with van der Waals surface area (Å²) in [5.41, 5.74) is 1.45. The summed E-state index contributed by atoms with van der Waals surface area (Å²) in [6, 6.07) is 14.0.